The van der Waals surface area contributed by atoms with E-state index in [1.807, 2.05) is 0 Å². The summed E-state index contributed by atoms with van der Waals surface area (Å²) in [5, 5.41) is 19.0. The average Bonchev–Trinajstić information content (AvgIpc) is 2.91. The number of aliphatic hydroxyl groups is 1. The van der Waals surface area contributed by atoms with Gasteiger partial charge < -0.3 is 15.0 Å². The average molecular weight is 285 g/mol. The van der Waals surface area contributed by atoms with Crippen molar-refractivity contribution < 1.29 is 9.90 Å². The summed E-state index contributed by atoms with van der Waals surface area (Å²) < 4.78 is 1.73. The first-order valence-electron chi connectivity index (χ1n) is 6.37. The first kappa shape index (κ1) is 14.7. The molecule has 108 valence electrons. The molecule has 0 radical (unpaired) electrons. The highest BCUT2D eigenvalue weighted by atomic mass is 16.2. The van der Waals surface area contributed by atoms with Gasteiger partial charge in [-0.05, 0) is 12.1 Å². The van der Waals surface area contributed by atoms with E-state index in [0.717, 1.165) is 0 Å². The smallest absolute Gasteiger partial charge is 0.270 e. The zero-order valence-electron chi connectivity index (χ0n) is 11.6. The summed E-state index contributed by atoms with van der Waals surface area (Å²) in [6.45, 7) is 0.317. The third kappa shape index (κ3) is 4.12. The summed E-state index contributed by atoms with van der Waals surface area (Å²) in [5.74, 6) is 6.02. The number of aromatic nitrogens is 4. The third-order valence-electron chi connectivity index (χ3n) is 2.68. The molecule has 2 heterocycles. The summed E-state index contributed by atoms with van der Waals surface area (Å²) in [7, 11) is 1.81. The maximum atomic E-state index is 11.9. The van der Waals surface area contributed by atoms with E-state index in [-0.39, 0.29) is 19.1 Å². The SMILES string of the molecule is Cn1cnnc1CNC(=O)c1ccc(C#CCCO)cn1. The van der Waals surface area contributed by atoms with Crippen molar-refractivity contribution in [3.8, 4) is 11.8 Å². The minimum absolute atomic E-state index is 0.0307. The summed E-state index contributed by atoms with van der Waals surface area (Å²) in [6, 6.07) is 3.32. The summed E-state index contributed by atoms with van der Waals surface area (Å²) >= 11 is 0. The van der Waals surface area contributed by atoms with Crippen molar-refractivity contribution in [2.45, 2.75) is 13.0 Å². The van der Waals surface area contributed by atoms with E-state index in [1.165, 1.54) is 6.20 Å². The van der Waals surface area contributed by atoms with Crippen molar-refractivity contribution in [2.24, 2.45) is 7.05 Å². The van der Waals surface area contributed by atoms with Crippen molar-refractivity contribution in [3.05, 3.63) is 41.7 Å². The van der Waals surface area contributed by atoms with Gasteiger partial charge in [0, 0.05) is 25.2 Å². The standard InChI is InChI=1S/C14H15N5O2/c1-19-10-17-18-13(19)9-16-14(21)12-6-5-11(8-15-12)4-2-3-7-20/h5-6,8,10,20H,3,7,9H2,1H3,(H,16,21). The van der Waals surface area contributed by atoms with Gasteiger partial charge in [-0.15, -0.1) is 10.2 Å². The second kappa shape index (κ2) is 7.17. The lowest BCUT2D eigenvalue weighted by atomic mass is 10.2. The van der Waals surface area contributed by atoms with Crippen LogP contribution in [0.25, 0.3) is 0 Å². The molecule has 0 aromatic carbocycles. The van der Waals surface area contributed by atoms with Gasteiger partial charge >= 0.3 is 0 Å². The Bertz CT molecular complexity index is 667. The van der Waals surface area contributed by atoms with Crippen LogP contribution in [0.2, 0.25) is 0 Å². The number of aliphatic hydroxyl groups excluding tert-OH is 1. The number of nitrogens with zero attached hydrogens (tertiary/aromatic N) is 4. The first-order valence-corrected chi connectivity index (χ1v) is 6.37. The van der Waals surface area contributed by atoms with Gasteiger partial charge in [-0.3, -0.25) is 4.79 Å². The molecule has 2 N–H and O–H groups in total. The Morgan fingerprint density at radius 2 is 2.33 bits per heavy atom. The molecular weight excluding hydrogens is 270 g/mol. The summed E-state index contributed by atoms with van der Waals surface area (Å²) in [4.78, 5) is 16.0. The fraction of sp³-hybridized carbons (Fsp3) is 0.286. The molecule has 1 amide bonds. The fourth-order valence-electron chi connectivity index (χ4n) is 1.54. The predicted octanol–water partition coefficient (Wildman–Crippen LogP) is -0.126. The van der Waals surface area contributed by atoms with Crippen LogP contribution in [0.3, 0.4) is 0 Å². The number of aryl methyl sites for hydroxylation is 1. The van der Waals surface area contributed by atoms with Crippen molar-refractivity contribution in [1.82, 2.24) is 25.1 Å². The van der Waals surface area contributed by atoms with E-state index in [1.54, 1.807) is 30.1 Å². The molecule has 0 bridgehead atoms. The van der Waals surface area contributed by atoms with Gasteiger partial charge in [0.05, 0.1) is 13.2 Å². The Kier molecular flexibility index (Phi) is 5.01. The van der Waals surface area contributed by atoms with Gasteiger partial charge in [-0.2, -0.15) is 0 Å². The van der Waals surface area contributed by atoms with Crippen molar-refractivity contribution in [3.63, 3.8) is 0 Å². The number of rotatable bonds is 4. The number of carbonyl (C=O) groups excluding carboxylic acids is 1. The highest BCUT2D eigenvalue weighted by Crippen LogP contribution is 2.00. The fourth-order valence-corrected chi connectivity index (χ4v) is 1.54. The van der Waals surface area contributed by atoms with Gasteiger partial charge in [-0.25, -0.2) is 4.98 Å². The molecule has 0 aliphatic carbocycles. The molecule has 0 atom stereocenters. The highest BCUT2D eigenvalue weighted by Gasteiger charge is 2.08. The number of nitrogens with one attached hydrogen (secondary N) is 1. The van der Waals surface area contributed by atoms with Crippen LogP contribution >= 0.6 is 0 Å². The van der Waals surface area contributed by atoms with E-state index in [0.29, 0.717) is 23.5 Å². The van der Waals surface area contributed by atoms with Crippen LogP contribution < -0.4 is 5.32 Å². The molecule has 0 fully saturated rings. The van der Waals surface area contributed by atoms with Crippen molar-refractivity contribution in [1.29, 1.82) is 0 Å². The highest BCUT2D eigenvalue weighted by molar-refractivity contribution is 5.92. The number of amides is 1. The van der Waals surface area contributed by atoms with Crippen molar-refractivity contribution >= 4 is 5.91 Å². The number of hydrogen-bond acceptors (Lipinski definition) is 5. The third-order valence-corrected chi connectivity index (χ3v) is 2.68. The van der Waals surface area contributed by atoms with Crippen LogP contribution in [0.1, 0.15) is 28.3 Å². The molecule has 7 heteroatoms. The molecule has 2 aromatic rings. The molecule has 0 saturated heterocycles. The van der Waals surface area contributed by atoms with E-state index in [4.69, 9.17) is 5.11 Å². The predicted molar refractivity (Wildman–Crippen MR) is 75.0 cm³/mol. The van der Waals surface area contributed by atoms with Gasteiger partial charge in [0.25, 0.3) is 5.91 Å². The molecule has 0 spiro atoms. The van der Waals surface area contributed by atoms with E-state index < -0.39 is 0 Å². The molecule has 0 unspecified atom stereocenters. The number of carbonyl (C=O) groups is 1. The van der Waals surface area contributed by atoms with Crippen LogP contribution in [-0.2, 0) is 13.6 Å². The number of pyridine rings is 1. The first-order chi connectivity index (χ1) is 10.2. The lowest BCUT2D eigenvalue weighted by Gasteiger charge is -2.04. The summed E-state index contributed by atoms with van der Waals surface area (Å²) in [6.07, 6.45) is 3.52. The quantitative estimate of drug-likeness (QED) is 0.764. The van der Waals surface area contributed by atoms with Crippen LogP contribution in [-0.4, -0.2) is 37.4 Å². The van der Waals surface area contributed by atoms with Crippen LogP contribution in [0.5, 0.6) is 0 Å². The summed E-state index contributed by atoms with van der Waals surface area (Å²) in [5.41, 5.74) is 1.01. The molecule has 2 rings (SSSR count). The van der Waals surface area contributed by atoms with Gasteiger partial charge in [-0.1, -0.05) is 11.8 Å². The second-order valence-electron chi connectivity index (χ2n) is 4.25. The van der Waals surface area contributed by atoms with E-state index >= 15 is 0 Å². The Labute approximate surface area is 122 Å². The molecule has 7 nitrogen and oxygen atoms in total. The molecule has 21 heavy (non-hydrogen) atoms. The Hall–Kier alpha value is -2.72. The van der Waals surface area contributed by atoms with Gasteiger partial charge in [0.15, 0.2) is 5.82 Å². The minimum atomic E-state index is -0.284. The van der Waals surface area contributed by atoms with Crippen LogP contribution in [0.4, 0.5) is 0 Å². The Morgan fingerprint density at radius 1 is 1.48 bits per heavy atom. The zero-order valence-corrected chi connectivity index (χ0v) is 11.6. The Morgan fingerprint density at radius 3 is 2.95 bits per heavy atom. The Balaban J connectivity index is 1.94. The number of hydrogen-bond donors (Lipinski definition) is 2. The molecule has 0 saturated carbocycles. The zero-order chi connectivity index (χ0) is 15.1. The molecule has 2 aromatic heterocycles. The maximum absolute atomic E-state index is 11.9. The van der Waals surface area contributed by atoms with Crippen LogP contribution in [0.15, 0.2) is 24.7 Å². The normalized spacial score (nSPS) is 9.81. The van der Waals surface area contributed by atoms with E-state index in [2.05, 4.69) is 32.3 Å². The maximum Gasteiger partial charge on any atom is 0.270 e. The minimum Gasteiger partial charge on any atom is -0.395 e. The molecular formula is C14H15N5O2. The lowest BCUT2D eigenvalue weighted by molar-refractivity contribution is 0.0944. The largest absolute Gasteiger partial charge is 0.395 e. The monoisotopic (exact) mass is 285 g/mol. The molecule has 0 aliphatic heterocycles. The van der Waals surface area contributed by atoms with Crippen LogP contribution in [0, 0.1) is 11.8 Å². The van der Waals surface area contributed by atoms with Gasteiger partial charge in [0.2, 0.25) is 0 Å². The topological polar surface area (TPSA) is 92.9 Å². The molecule has 0 aliphatic rings. The van der Waals surface area contributed by atoms with Crippen molar-refractivity contribution in [2.75, 3.05) is 6.61 Å². The lowest BCUT2D eigenvalue weighted by Crippen LogP contribution is -2.25. The second-order valence-corrected chi connectivity index (χ2v) is 4.25. The van der Waals surface area contributed by atoms with Gasteiger partial charge in [0.1, 0.15) is 12.0 Å². The van der Waals surface area contributed by atoms with E-state index in [9.17, 15) is 4.79 Å².